The highest BCUT2D eigenvalue weighted by atomic mass is 32.2. The Hall–Kier alpha value is -2.89. The van der Waals surface area contributed by atoms with Crippen LogP contribution in [0.1, 0.15) is 12.6 Å². The third-order valence-corrected chi connectivity index (χ3v) is 6.08. The van der Waals surface area contributed by atoms with Crippen molar-refractivity contribution in [1.29, 1.82) is 0 Å². The number of nitro groups is 1. The number of aromatic nitrogens is 1. The molecule has 10 nitrogen and oxygen atoms in total. The zero-order valence-electron chi connectivity index (χ0n) is 15.1. The molecule has 11 heteroatoms. The normalized spacial score (nSPS) is 16.0. The van der Waals surface area contributed by atoms with Crippen molar-refractivity contribution in [3.8, 4) is 0 Å². The summed E-state index contributed by atoms with van der Waals surface area (Å²) in [6.07, 6.45) is 1.62. The molecule has 1 saturated heterocycles. The van der Waals surface area contributed by atoms with E-state index >= 15 is 0 Å². The van der Waals surface area contributed by atoms with Crippen molar-refractivity contribution < 1.29 is 18.1 Å². The fraction of sp³-hybridized carbons (Fsp3) is 0.294. The van der Waals surface area contributed by atoms with Gasteiger partial charge in [-0.3, -0.25) is 20.5 Å². The van der Waals surface area contributed by atoms with Crippen LogP contribution in [0.3, 0.4) is 0 Å². The van der Waals surface area contributed by atoms with Gasteiger partial charge in [-0.25, -0.2) is 8.42 Å². The lowest BCUT2D eigenvalue weighted by Gasteiger charge is -2.26. The van der Waals surface area contributed by atoms with Gasteiger partial charge in [0.15, 0.2) is 0 Å². The number of rotatable bonds is 6. The third kappa shape index (κ3) is 4.32. The van der Waals surface area contributed by atoms with Crippen molar-refractivity contribution in [2.45, 2.75) is 11.8 Å². The lowest BCUT2D eigenvalue weighted by Crippen LogP contribution is -2.40. The number of sulfonamides is 1. The highest BCUT2D eigenvalue weighted by molar-refractivity contribution is 7.89. The SMILES string of the molecule is CC(=NNc1ccc([N+](=O)[O-])cc1S(=O)(=O)N1CCOCC1)c1ccccn1. The van der Waals surface area contributed by atoms with E-state index in [4.69, 9.17) is 4.74 Å². The number of non-ortho nitro benzene ring substituents is 1. The Morgan fingerprint density at radius 1 is 1.29 bits per heavy atom. The monoisotopic (exact) mass is 405 g/mol. The van der Waals surface area contributed by atoms with Gasteiger partial charge in [0.25, 0.3) is 5.69 Å². The second kappa shape index (κ2) is 8.42. The Bertz CT molecular complexity index is 988. The summed E-state index contributed by atoms with van der Waals surface area (Å²) in [6, 6.07) is 8.95. The first-order valence-corrected chi connectivity index (χ1v) is 9.91. The van der Waals surface area contributed by atoms with Crippen LogP contribution in [-0.2, 0) is 14.8 Å². The molecule has 0 atom stereocenters. The van der Waals surface area contributed by atoms with E-state index in [0.29, 0.717) is 11.4 Å². The van der Waals surface area contributed by atoms with E-state index in [9.17, 15) is 18.5 Å². The molecule has 0 saturated carbocycles. The fourth-order valence-corrected chi connectivity index (χ4v) is 4.20. The highest BCUT2D eigenvalue weighted by Gasteiger charge is 2.30. The van der Waals surface area contributed by atoms with Crippen molar-refractivity contribution in [2.75, 3.05) is 31.7 Å². The van der Waals surface area contributed by atoms with Crippen LogP contribution in [0.15, 0.2) is 52.6 Å². The van der Waals surface area contributed by atoms with E-state index in [1.807, 2.05) is 6.07 Å². The minimum atomic E-state index is -3.96. The van der Waals surface area contributed by atoms with Crippen LogP contribution in [0.25, 0.3) is 0 Å². The number of nitrogens with zero attached hydrogens (tertiary/aromatic N) is 4. The van der Waals surface area contributed by atoms with Gasteiger partial charge in [-0.1, -0.05) is 6.07 Å². The van der Waals surface area contributed by atoms with Crippen molar-refractivity contribution in [3.05, 3.63) is 58.4 Å². The quantitative estimate of drug-likeness (QED) is 0.441. The molecule has 0 bridgehead atoms. The van der Waals surface area contributed by atoms with Crippen LogP contribution in [0, 0.1) is 10.1 Å². The fourth-order valence-electron chi connectivity index (χ4n) is 2.63. The molecular weight excluding hydrogens is 386 g/mol. The Morgan fingerprint density at radius 3 is 2.68 bits per heavy atom. The number of nitrogens with one attached hydrogen (secondary N) is 1. The lowest BCUT2D eigenvalue weighted by molar-refractivity contribution is -0.385. The molecule has 1 aliphatic rings. The minimum absolute atomic E-state index is 0.146. The maximum Gasteiger partial charge on any atom is 0.270 e. The van der Waals surface area contributed by atoms with Gasteiger partial charge in [0.2, 0.25) is 10.0 Å². The molecular formula is C17H19N5O5S. The maximum absolute atomic E-state index is 13.0. The second-order valence-electron chi connectivity index (χ2n) is 5.98. The molecule has 1 aliphatic heterocycles. The van der Waals surface area contributed by atoms with E-state index in [1.165, 1.54) is 16.4 Å². The smallest absolute Gasteiger partial charge is 0.270 e. The topological polar surface area (TPSA) is 127 Å². The van der Waals surface area contributed by atoms with Crippen LogP contribution in [0.4, 0.5) is 11.4 Å². The molecule has 1 fully saturated rings. The predicted octanol–water partition coefficient (Wildman–Crippen LogP) is 1.85. The van der Waals surface area contributed by atoms with E-state index in [1.54, 1.807) is 25.3 Å². The largest absolute Gasteiger partial charge is 0.379 e. The van der Waals surface area contributed by atoms with Crippen LogP contribution < -0.4 is 5.43 Å². The molecule has 1 N–H and O–H groups in total. The number of hydrazone groups is 1. The average Bonchev–Trinajstić information content (AvgIpc) is 2.73. The first kappa shape index (κ1) is 19.9. The average molecular weight is 405 g/mol. The third-order valence-electron chi connectivity index (χ3n) is 4.14. The first-order chi connectivity index (χ1) is 13.4. The summed E-state index contributed by atoms with van der Waals surface area (Å²) < 4.78 is 32.5. The number of hydrogen-bond acceptors (Lipinski definition) is 8. The van der Waals surface area contributed by atoms with Gasteiger partial charge in [0.1, 0.15) is 4.90 Å². The summed E-state index contributed by atoms with van der Waals surface area (Å²) in [5.74, 6) is 0. The number of anilines is 1. The van der Waals surface area contributed by atoms with Crippen LogP contribution in [-0.4, -0.2) is 54.6 Å². The molecule has 0 aliphatic carbocycles. The van der Waals surface area contributed by atoms with Crippen molar-refractivity contribution in [2.24, 2.45) is 5.10 Å². The molecule has 0 unspecified atom stereocenters. The molecule has 2 aromatic rings. The number of morpholine rings is 1. The number of nitro benzene ring substituents is 1. The number of hydrogen-bond donors (Lipinski definition) is 1. The number of benzene rings is 1. The van der Waals surface area contributed by atoms with Gasteiger partial charge in [0.05, 0.1) is 35.2 Å². The van der Waals surface area contributed by atoms with Gasteiger partial charge in [0, 0.05) is 31.4 Å². The van der Waals surface area contributed by atoms with E-state index in [0.717, 1.165) is 6.07 Å². The standard InChI is InChI=1S/C17H19N5O5S/c1-13(15-4-2-3-7-18-15)19-20-16-6-5-14(22(23)24)12-17(16)28(25,26)21-8-10-27-11-9-21/h2-7,12,20H,8-11H2,1H3. The summed E-state index contributed by atoms with van der Waals surface area (Å²) >= 11 is 0. The van der Waals surface area contributed by atoms with Gasteiger partial charge < -0.3 is 4.74 Å². The Kier molecular flexibility index (Phi) is 5.97. The summed E-state index contributed by atoms with van der Waals surface area (Å²) in [4.78, 5) is 14.5. The molecule has 0 amide bonds. The minimum Gasteiger partial charge on any atom is -0.379 e. The summed E-state index contributed by atoms with van der Waals surface area (Å²) in [5, 5.41) is 15.3. The molecule has 0 spiro atoms. The van der Waals surface area contributed by atoms with Gasteiger partial charge >= 0.3 is 0 Å². The zero-order chi connectivity index (χ0) is 20.1. The Morgan fingerprint density at radius 2 is 2.04 bits per heavy atom. The van der Waals surface area contributed by atoms with E-state index < -0.39 is 14.9 Å². The molecule has 28 heavy (non-hydrogen) atoms. The van der Waals surface area contributed by atoms with Gasteiger partial charge in [-0.15, -0.1) is 0 Å². The number of pyridine rings is 1. The zero-order valence-corrected chi connectivity index (χ0v) is 15.9. The summed E-state index contributed by atoms with van der Waals surface area (Å²) in [7, 11) is -3.96. The van der Waals surface area contributed by atoms with Crippen molar-refractivity contribution in [3.63, 3.8) is 0 Å². The van der Waals surface area contributed by atoms with Gasteiger partial charge in [-0.05, 0) is 25.1 Å². The molecule has 3 rings (SSSR count). The van der Waals surface area contributed by atoms with E-state index in [2.05, 4.69) is 15.5 Å². The summed E-state index contributed by atoms with van der Waals surface area (Å²) in [6.45, 7) is 2.62. The highest BCUT2D eigenvalue weighted by Crippen LogP contribution is 2.29. The van der Waals surface area contributed by atoms with E-state index in [-0.39, 0.29) is 42.6 Å². The second-order valence-corrected chi connectivity index (χ2v) is 7.88. The molecule has 1 aromatic carbocycles. The molecule has 148 valence electrons. The number of ether oxygens (including phenoxy) is 1. The Balaban J connectivity index is 1.98. The first-order valence-electron chi connectivity index (χ1n) is 8.47. The maximum atomic E-state index is 13.0. The van der Waals surface area contributed by atoms with Crippen LogP contribution in [0.5, 0.6) is 0 Å². The van der Waals surface area contributed by atoms with Crippen LogP contribution >= 0.6 is 0 Å². The van der Waals surface area contributed by atoms with Crippen molar-refractivity contribution in [1.82, 2.24) is 9.29 Å². The van der Waals surface area contributed by atoms with Crippen LogP contribution in [0.2, 0.25) is 0 Å². The lowest BCUT2D eigenvalue weighted by atomic mass is 10.2. The molecule has 2 heterocycles. The van der Waals surface area contributed by atoms with Gasteiger partial charge in [-0.2, -0.15) is 9.41 Å². The molecule has 1 aromatic heterocycles. The van der Waals surface area contributed by atoms with Crippen molar-refractivity contribution >= 4 is 27.1 Å². The summed E-state index contributed by atoms with van der Waals surface area (Å²) in [5.41, 5.74) is 3.70. The predicted molar refractivity (Wildman–Crippen MR) is 103 cm³/mol. The molecule has 0 radical (unpaired) electrons. The Labute approximate surface area is 162 Å².